The molecular weight excluding hydrogens is 178 g/mol. The Hall–Kier alpha value is -0.480. The van der Waals surface area contributed by atoms with Crippen molar-refractivity contribution >= 4 is 24.0 Å². The van der Waals surface area contributed by atoms with Gasteiger partial charge in [-0.2, -0.15) is 12.6 Å². The van der Waals surface area contributed by atoms with Crippen LogP contribution in [-0.2, 0) is 6.54 Å². The molecule has 11 heavy (non-hydrogen) atoms. The van der Waals surface area contributed by atoms with Gasteiger partial charge < -0.3 is 4.57 Å². The summed E-state index contributed by atoms with van der Waals surface area (Å²) in [5.74, 6) is 0.721. The Labute approximate surface area is 74.6 Å². The highest BCUT2D eigenvalue weighted by Crippen LogP contribution is 1.89. The van der Waals surface area contributed by atoms with Crippen molar-refractivity contribution in [1.82, 2.24) is 4.57 Å². The Balaban J connectivity index is 2.58. The average molecular weight is 187 g/mol. The van der Waals surface area contributed by atoms with Crippen LogP contribution in [0.15, 0.2) is 28.5 Å². The van der Waals surface area contributed by atoms with Crippen LogP contribution in [0.25, 0.3) is 0 Å². The molecule has 0 saturated heterocycles. The van der Waals surface area contributed by atoms with Crippen LogP contribution >= 0.6 is 24.0 Å². The minimum atomic E-state index is 0.0915. The van der Waals surface area contributed by atoms with Gasteiger partial charge in [-0.3, -0.25) is 4.79 Å². The standard InChI is InChI=1S/C7H9NOS2/c9-7-8(4-6-11-7)3-1-2-5-10/h1-2,4,6,10H,3,5H2. The quantitative estimate of drug-likeness (QED) is 0.560. The van der Waals surface area contributed by atoms with E-state index in [4.69, 9.17) is 0 Å². The van der Waals surface area contributed by atoms with Crippen LogP contribution in [0.4, 0.5) is 0 Å². The van der Waals surface area contributed by atoms with E-state index in [1.54, 1.807) is 16.1 Å². The lowest BCUT2D eigenvalue weighted by molar-refractivity contribution is 0.805. The summed E-state index contributed by atoms with van der Waals surface area (Å²) in [6, 6.07) is 0. The second-order valence-electron chi connectivity index (χ2n) is 1.98. The van der Waals surface area contributed by atoms with Crippen molar-refractivity contribution in [3.05, 3.63) is 33.4 Å². The van der Waals surface area contributed by atoms with Crippen molar-refractivity contribution in [3.63, 3.8) is 0 Å². The number of nitrogens with zero attached hydrogens (tertiary/aromatic N) is 1. The molecular formula is C7H9NOS2. The van der Waals surface area contributed by atoms with E-state index in [1.807, 2.05) is 12.2 Å². The lowest BCUT2D eigenvalue weighted by atomic mass is 10.5. The summed E-state index contributed by atoms with van der Waals surface area (Å²) in [6.07, 6.45) is 5.64. The zero-order valence-electron chi connectivity index (χ0n) is 5.93. The van der Waals surface area contributed by atoms with Crippen LogP contribution in [-0.4, -0.2) is 10.3 Å². The molecule has 0 bridgehead atoms. The van der Waals surface area contributed by atoms with Crippen LogP contribution in [0.5, 0.6) is 0 Å². The van der Waals surface area contributed by atoms with E-state index in [1.165, 1.54) is 11.3 Å². The number of aromatic nitrogens is 1. The van der Waals surface area contributed by atoms with E-state index < -0.39 is 0 Å². The van der Waals surface area contributed by atoms with Gasteiger partial charge in [0.15, 0.2) is 0 Å². The maximum absolute atomic E-state index is 10.9. The first-order valence-corrected chi connectivity index (χ1v) is 4.75. The third-order valence-corrected chi connectivity index (χ3v) is 2.12. The van der Waals surface area contributed by atoms with Gasteiger partial charge in [0.1, 0.15) is 0 Å². The van der Waals surface area contributed by atoms with Crippen LogP contribution in [0.2, 0.25) is 0 Å². The van der Waals surface area contributed by atoms with Crippen LogP contribution in [0.3, 0.4) is 0 Å². The van der Waals surface area contributed by atoms with Crippen molar-refractivity contribution in [3.8, 4) is 0 Å². The highest BCUT2D eigenvalue weighted by molar-refractivity contribution is 7.80. The maximum Gasteiger partial charge on any atom is 0.307 e. The zero-order valence-corrected chi connectivity index (χ0v) is 7.65. The molecule has 0 aliphatic heterocycles. The summed E-state index contributed by atoms with van der Waals surface area (Å²) in [5, 5.41) is 1.79. The zero-order chi connectivity index (χ0) is 8.10. The number of allylic oxidation sites excluding steroid dienone is 1. The van der Waals surface area contributed by atoms with Gasteiger partial charge in [0.2, 0.25) is 0 Å². The molecule has 0 fully saturated rings. The van der Waals surface area contributed by atoms with Gasteiger partial charge in [0, 0.05) is 23.9 Å². The van der Waals surface area contributed by atoms with Gasteiger partial charge in [-0.15, -0.1) is 0 Å². The van der Waals surface area contributed by atoms with Crippen LogP contribution in [0.1, 0.15) is 0 Å². The summed E-state index contributed by atoms with van der Waals surface area (Å²) >= 11 is 5.22. The first-order valence-electron chi connectivity index (χ1n) is 3.24. The van der Waals surface area contributed by atoms with E-state index in [9.17, 15) is 4.79 Å². The maximum atomic E-state index is 10.9. The molecule has 0 aromatic carbocycles. The van der Waals surface area contributed by atoms with Gasteiger partial charge in [0.05, 0.1) is 0 Å². The van der Waals surface area contributed by atoms with Crippen molar-refractivity contribution in [2.45, 2.75) is 6.54 Å². The molecule has 0 radical (unpaired) electrons. The monoisotopic (exact) mass is 187 g/mol. The molecule has 0 atom stereocenters. The number of hydrogen-bond acceptors (Lipinski definition) is 3. The fourth-order valence-corrected chi connectivity index (χ4v) is 1.43. The predicted molar refractivity (Wildman–Crippen MR) is 51.6 cm³/mol. The predicted octanol–water partition coefficient (Wildman–Crippen LogP) is 1.40. The fraction of sp³-hybridized carbons (Fsp3) is 0.286. The Bertz CT molecular complexity index is 287. The molecule has 0 unspecified atom stereocenters. The molecule has 0 aliphatic rings. The Morgan fingerprint density at radius 1 is 1.64 bits per heavy atom. The molecule has 0 spiro atoms. The fourth-order valence-electron chi connectivity index (χ4n) is 0.689. The number of rotatable bonds is 3. The third kappa shape index (κ3) is 2.55. The van der Waals surface area contributed by atoms with Crippen molar-refractivity contribution in [1.29, 1.82) is 0 Å². The first-order chi connectivity index (χ1) is 5.34. The number of hydrogen-bond donors (Lipinski definition) is 1. The summed E-state index contributed by atoms with van der Waals surface area (Å²) in [4.78, 5) is 11.0. The van der Waals surface area contributed by atoms with Crippen LogP contribution < -0.4 is 4.87 Å². The highest BCUT2D eigenvalue weighted by Gasteiger charge is 1.90. The molecule has 2 nitrogen and oxygen atoms in total. The lowest BCUT2D eigenvalue weighted by Gasteiger charge is -1.91. The SMILES string of the molecule is O=c1sccn1CC=CCS. The molecule has 1 rings (SSSR count). The Kier molecular flexibility index (Phi) is 3.45. The van der Waals surface area contributed by atoms with Gasteiger partial charge in [0.25, 0.3) is 0 Å². The van der Waals surface area contributed by atoms with Gasteiger partial charge in [-0.05, 0) is 0 Å². The minimum absolute atomic E-state index is 0.0915. The molecule has 0 saturated carbocycles. The molecule has 1 heterocycles. The van der Waals surface area contributed by atoms with Gasteiger partial charge in [-0.1, -0.05) is 23.5 Å². The Morgan fingerprint density at radius 2 is 2.45 bits per heavy atom. The smallest absolute Gasteiger partial charge is 0.302 e. The molecule has 60 valence electrons. The van der Waals surface area contributed by atoms with Crippen molar-refractivity contribution < 1.29 is 0 Å². The summed E-state index contributed by atoms with van der Waals surface area (Å²) in [5.41, 5.74) is 0. The van der Waals surface area contributed by atoms with Crippen molar-refractivity contribution in [2.24, 2.45) is 0 Å². The molecule has 0 N–H and O–H groups in total. The summed E-state index contributed by atoms with van der Waals surface area (Å²) < 4.78 is 1.66. The van der Waals surface area contributed by atoms with E-state index in [0.717, 1.165) is 5.75 Å². The summed E-state index contributed by atoms with van der Waals surface area (Å²) in [6.45, 7) is 0.656. The number of thiol groups is 1. The first kappa shape index (κ1) is 8.62. The lowest BCUT2D eigenvalue weighted by Crippen LogP contribution is -2.09. The molecule has 1 aromatic rings. The molecule has 0 amide bonds. The van der Waals surface area contributed by atoms with E-state index in [0.29, 0.717) is 6.54 Å². The van der Waals surface area contributed by atoms with Crippen LogP contribution in [0, 0.1) is 0 Å². The van der Waals surface area contributed by atoms with Gasteiger partial charge >= 0.3 is 4.87 Å². The van der Waals surface area contributed by atoms with E-state index in [-0.39, 0.29) is 4.87 Å². The second-order valence-corrected chi connectivity index (χ2v) is 3.20. The van der Waals surface area contributed by atoms with E-state index >= 15 is 0 Å². The number of thiazole rings is 1. The van der Waals surface area contributed by atoms with Gasteiger partial charge in [-0.25, -0.2) is 0 Å². The topological polar surface area (TPSA) is 22.0 Å². The summed E-state index contributed by atoms with van der Waals surface area (Å²) in [7, 11) is 0. The molecule has 0 aliphatic carbocycles. The second kappa shape index (κ2) is 4.41. The minimum Gasteiger partial charge on any atom is -0.302 e. The third-order valence-electron chi connectivity index (χ3n) is 1.22. The Morgan fingerprint density at radius 3 is 3.00 bits per heavy atom. The van der Waals surface area contributed by atoms with Crippen molar-refractivity contribution in [2.75, 3.05) is 5.75 Å². The molecule has 1 aromatic heterocycles. The average Bonchev–Trinajstić information content (AvgIpc) is 2.37. The van der Waals surface area contributed by atoms with E-state index in [2.05, 4.69) is 12.6 Å². The highest BCUT2D eigenvalue weighted by atomic mass is 32.1. The normalized spacial score (nSPS) is 11.0. The largest absolute Gasteiger partial charge is 0.307 e. The molecule has 4 heteroatoms.